The lowest BCUT2D eigenvalue weighted by atomic mass is 10.1. The van der Waals surface area contributed by atoms with E-state index in [1.807, 2.05) is 18.5 Å². The highest BCUT2D eigenvalue weighted by Gasteiger charge is 2.23. The summed E-state index contributed by atoms with van der Waals surface area (Å²) >= 11 is 0. The number of ether oxygens (including phenoxy) is 2. The van der Waals surface area contributed by atoms with E-state index in [1.54, 1.807) is 25.3 Å². The summed E-state index contributed by atoms with van der Waals surface area (Å²) in [5.74, 6) is 1.27. The van der Waals surface area contributed by atoms with Gasteiger partial charge in [-0.25, -0.2) is 13.4 Å². The maximum Gasteiger partial charge on any atom is 0.243 e. The third-order valence-electron chi connectivity index (χ3n) is 6.13. The lowest BCUT2D eigenvalue weighted by Crippen LogP contribution is -2.39. The predicted octanol–water partition coefficient (Wildman–Crippen LogP) is 4.38. The first-order valence-corrected chi connectivity index (χ1v) is 14.4. The molecule has 0 N–H and O–H groups in total. The van der Waals surface area contributed by atoms with Crippen molar-refractivity contribution in [1.82, 2.24) is 24.6 Å². The van der Waals surface area contributed by atoms with Crippen LogP contribution in [0.1, 0.15) is 53.7 Å². The number of benzene rings is 1. The van der Waals surface area contributed by atoms with Crippen LogP contribution in [-0.4, -0.2) is 71.7 Å². The van der Waals surface area contributed by atoms with E-state index < -0.39 is 9.84 Å². The van der Waals surface area contributed by atoms with Gasteiger partial charge in [0.15, 0.2) is 15.7 Å². The summed E-state index contributed by atoms with van der Waals surface area (Å²) in [6, 6.07) is 5.60. The molecule has 0 bridgehead atoms. The molecule has 3 aromatic rings. The Kier molecular flexibility index (Phi) is 8.94. The summed E-state index contributed by atoms with van der Waals surface area (Å²) < 4.78 is 38.1. The van der Waals surface area contributed by atoms with Crippen LogP contribution >= 0.6 is 0 Å². The van der Waals surface area contributed by atoms with E-state index in [-0.39, 0.29) is 4.90 Å². The minimum absolute atomic E-state index is 0.179. The molecule has 0 spiro atoms. The Hall–Kier alpha value is -2.72. The van der Waals surface area contributed by atoms with E-state index in [4.69, 9.17) is 24.5 Å². The molecule has 0 radical (unpaired) electrons. The van der Waals surface area contributed by atoms with Gasteiger partial charge >= 0.3 is 0 Å². The zero-order valence-corrected chi connectivity index (χ0v) is 23.5. The van der Waals surface area contributed by atoms with Crippen molar-refractivity contribution in [3.8, 4) is 23.0 Å². The molecule has 2 heterocycles. The van der Waals surface area contributed by atoms with Gasteiger partial charge in [-0.15, -0.1) is 0 Å². The van der Waals surface area contributed by atoms with E-state index in [0.29, 0.717) is 60.2 Å². The Balaban J connectivity index is 2.18. The average molecular weight is 518 g/mol. The smallest absolute Gasteiger partial charge is 0.243 e. The number of methoxy groups -OCH3 is 1. The molecule has 36 heavy (non-hydrogen) atoms. The Morgan fingerprint density at radius 1 is 1.08 bits per heavy atom. The molecule has 10 heteroatoms. The molecule has 9 nitrogen and oxygen atoms in total. The molecule has 0 aliphatic heterocycles. The third-order valence-corrected chi connectivity index (χ3v) is 7.24. The molecule has 1 aromatic carbocycles. The molecule has 2 aromatic heterocycles. The number of aryl methyl sites for hydroxylation is 1. The van der Waals surface area contributed by atoms with Gasteiger partial charge < -0.3 is 9.47 Å². The summed E-state index contributed by atoms with van der Waals surface area (Å²) in [6.45, 7) is 14.8. The van der Waals surface area contributed by atoms with Crippen LogP contribution in [0.5, 0.6) is 11.6 Å². The monoisotopic (exact) mass is 517 g/mol. The van der Waals surface area contributed by atoms with Crippen LogP contribution in [0.25, 0.3) is 22.4 Å². The first kappa shape index (κ1) is 27.9. The number of hydrogen-bond acceptors (Lipinski definition) is 8. The summed E-state index contributed by atoms with van der Waals surface area (Å²) in [6.07, 6.45) is 2.68. The highest BCUT2D eigenvalue weighted by Crippen LogP contribution is 2.35. The molecule has 0 aliphatic rings. The fraction of sp³-hybridized carbons (Fsp3) is 0.577. The highest BCUT2D eigenvalue weighted by molar-refractivity contribution is 7.90. The number of aromatic nitrogens is 4. The van der Waals surface area contributed by atoms with Crippen molar-refractivity contribution in [2.24, 2.45) is 0 Å². The quantitative estimate of drug-likeness (QED) is 0.349. The van der Waals surface area contributed by atoms with Gasteiger partial charge in [-0.05, 0) is 58.7 Å². The molecular formula is C26H39N5O4S. The highest BCUT2D eigenvalue weighted by atomic mass is 32.2. The van der Waals surface area contributed by atoms with E-state index in [2.05, 4.69) is 32.6 Å². The lowest BCUT2D eigenvalue weighted by Gasteiger charge is -2.30. The van der Waals surface area contributed by atoms with E-state index in [0.717, 1.165) is 24.2 Å². The van der Waals surface area contributed by atoms with E-state index in [9.17, 15) is 8.42 Å². The normalized spacial score (nSPS) is 12.3. The van der Waals surface area contributed by atoms with Crippen LogP contribution in [0.15, 0.2) is 23.1 Å². The van der Waals surface area contributed by atoms with Gasteiger partial charge in [0.1, 0.15) is 16.8 Å². The zero-order valence-electron chi connectivity index (χ0n) is 22.7. The largest absolute Gasteiger partial charge is 0.493 e. The summed E-state index contributed by atoms with van der Waals surface area (Å²) in [5.41, 5.74) is 2.78. The van der Waals surface area contributed by atoms with Gasteiger partial charge in [0, 0.05) is 24.9 Å². The standard InChI is InChI=1S/C26H39N5O4S/c1-9-15-35-22-12-11-19(36(8,32)33)16-20(22)25-27-23-21(10-2)29-31(24(23)26(28-25)34-7)14-13-30(17(3)4)18(5)6/h11-12,16-18H,9-10,13-15H2,1-8H3. The fourth-order valence-electron chi connectivity index (χ4n) is 4.35. The Bertz CT molecular complexity index is 1290. The third kappa shape index (κ3) is 5.98. The maximum absolute atomic E-state index is 12.3. The molecule has 0 amide bonds. The van der Waals surface area contributed by atoms with Gasteiger partial charge in [-0.1, -0.05) is 13.8 Å². The molecular weight excluding hydrogens is 478 g/mol. The predicted molar refractivity (Wildman–Crippen MR) is 143 cm³/mol. The minimum Gasteiger partial charge on any atom is -0.493 e. The number of rotatable bonds is 12. The molecule has 0 aliphatic carbocycles. The molecule has 0 fully saturated rings. The van der Waals surface area contributed by atoms with Crippen molar-refractivity contribution in [2.45, 2.75) is 77.9 Å². The van der Waals surface area contributed by atoms with Crippen LogP contribution in [-0.2, 0) is 22.8 Å². The van der Waals surface area contributed by atoms with Crippen molar-refractivity contribution in [2.75, 3.05) is 26.5 Å². The van der Waals surface area contributed by atoms with Crippen molar-refractivity contribution < 1.29 is 17.9 Å². The minimum atomic E-state index is -3.43. The first-order chi connectivity index (χ1) is 17.0. The van der Waals surface area contributed by atoms with Gasteiger partial charge in [-0.3, -0.25) is 9.58 Å². The maximum atomic E-state index is 12.3. The number of fused-ring (bicyclic) bond motifs is 1. The molecule has 0 atom stereocenters. The second-order valence-electron chi connectivity index (χ2n) is 9.48. The SMILES string of the molecule is CCCOc1ccc(S(C)(=O)=O)cc1-c1nc(OC)c2c(n1)c(CC)nn2CCN(C(C)C)C(C)C. The number of sulfone groups is 1. The number of nitrogens with zero attached hydrogens (tertiary/aromatic N) is 5. The van der Waals surface area contributed by atoms with Gasteiger partial charge in [0.2, 0.25) is 5.88 Å². The van der Waals surface area contributed by atoms with Gasteiger partial charge in [0.25, 0.3) is 0 Å². The summed E-state index contributed by atoms with van der Waals surface area (Å²) in [7, 11) is -1.86. The second-order valence-corrected chi connectivity index (χ2v) is 11.5. The molecule has 3 rings (SSSR count). The van der Waals surface area contributed by atoms with Gasteiger partial charge in [0.05, 0.1) is 36.4 Å². The van der Waals surface area contributed by atoms with Crippen LogP contribution < -0.4 is 9.47 Å². The number of hydrogen-bond donors (Lipinski definition) is 0. The molecule has 0 saturated heterocycles. The van der Waals surface area contributed by atoms with Crippen molar-refractivity contribution >= 4 is 20.9 Å². The lowest BCUT2D eigenvalue weighted by molar-refractivity contribution is 0.166. The fourth-order valence-corrected chi connectivity index (χ4v) is 5.00. The molecule has 0 saturated carbocycles. The molecule has 198 valence electrons. The summed E-state index contributed by atoms with van der Waals surface area (Å²) in [4.78, 5) is 12.2. The van der Waals surface area contributed by atoms with Crippen molar-refractivity contribution in [1.29, 1.82) is 0 Å². The van der Waals surface area contributed by atoms with Crippen LogP contribution in [0.3, 0.4) is 0 Å². The topological polar surface area (TPSA) is 99.4 Å². The van der Waals surface area contributed by atoms with Crippen molar-refractivity contribution in [3.63, 3.8) is 0 Å². The Morgan fingerprint density at radius 2 is 1.78 bits per heavy atom. The second kappa shape index (κ2) is 11.6. The van der Waals surface area contributed by atoms with E-state index in [1.165, 1.54) is 6.26 Å². The van der Waals surface area contributed by atoms with Gasteiger partial charge in [-0.2, -0.15) is 10.1 Å². The van der Waals surface area contributed by atoms with Crippen molar-refractivity contribution in [3.05, 3.63) is 23.9 Å². The molecule has 0 unspecified atom stereocenters. The zero-order chi connectivity index (χ0) is 26.6. The van der Waals surface area contributed by atoms with E-state index >= 15 is 0 Å². The van der Waals surface area contributed by atoms with Crippen LogP contribution in [0.2, 0.25) is 0 Å². The average Bonchev–Trinajstić information content (AvgIpc) is 3.18. The Labute approximate surface area is 214 Å². The Morgan fingerprint density at radius 3 is 2.33 bits per heavy atom. The first-order valence-electron chi connectivity index (χ1n) is 12.6. The van der Waals surface area contributed by atoms with Crippen LogP contribution in [0.4, 0.5) is 0 Å². The summed E-state index contributed by atoms with van der Waals surface area (Å²) in [5, 5.41) is 4.85. The van der Waals surface area contributed by atoms with Crippen LogP contribution in [0, 0.1) is 0 Å².